The van der Waals surface area contributed by atoms with Crippen molar-refractivity contribution >= 4 is 40.0 Å². The van der Waals surface area contributed by atoms with Crippen LogP contribution in [0.3, 0.4) is 0 Å². The maximum Gasteiger partial charge on any atom is 0.209 e. The molecule has 4 nitrogen and oxygen atoms in total. The van der Waals surface area contributed by atoms with E-state index in [-0.39, 0.29) is 20.9 Å². The number of Topliss-reactive ketones (excluding diaryl/α,β-unsaturated/α-hetero) is 1. The number of halogens is 10. The first-order valence-corrected chi connectivity index (χ1v) is 12.4. The third kappa shape index (κ3) is 4.36. The van der Waals surface area contributed by atoms with Crippen LogP contribution in [-0.4, -0.2) is 24.0 Å². The molecule has 1 aliphatic rings. The highest BCUT2D eigenvalue weighted by Gasteiger charge is 2.35. The van der Waals surface area contributed by atoms with Crippen molar-refractivity contribution in [2.45, 2.75) is 6.61 Å². The van der Waals surface area contributed by atoms with Crippen molar-refractivity contribution in [2.75, 3.05) is 6.61 Å². The van der Waals surface area contributed by atoms with Crippen LogP contribution in [0.2, 0.25) is 0 Å². The highest BCUT2D eigenvalue weighted by Crippen LogP contribution is 2.43. The molecule has 0 saturated heterocycles. The molecule has 4 aromatic rings. The normalized spacial score (nSPS) is 13.1. The van der Waals surface area contributed by atoms with Crippen molar-refractivity contribution in [3.05, 3.63) is 102 Å². The van der Waals surface area contributed by atoms with Crippen molar-refractivity contribution in [3.63, 3.8) is 0 Å². The largest absolute Gasteiger partial charge is 0.369 e. The Kier molecular flexibility index (Phi) is 7.11. The molecule has 0 atom stereocenters. The van der Waals surface area contributed by atoms with Gasteiger partial charge in [0.15, 0.2) is 52.3 Å². The second kappa shape index (κ2) is 10.2. The van der Waals surface area contributed by atoms with Crippen LogP contribution in [0.1, 0.15) is 46.4 Å². The van der Waals surface area contributed by atoms with Crippen molar-refractivity contribution in [3.8, 4) is 9.75 Å². The number of carbonyl (C=O) groups is 3. The van der Waals surface area contributed by atoms with Gasteiger partial charge < -0.3 is 4.74 Å². The highest BCUT2D eigenvalue weighted by molar-refractivity contribution is 7.24. The number of carbonyl (C=O) groups excluding carboxylic acids is 3. The molecule has 0 amide bonds. The molecule has 1 aliphatic heterocycles. The van der Waals surface area contributed by atoms with Crippen molar-refractivity contribution in [2.24, 2.45) is 0 Å². The average Bonchev–Trinajstić information content (AvgIpc) is 3.56. The second-order valence-electron chi connectivity index (χ2n) is 8.28. The fourth-order valence-corrected chi connectivity index (χ4v) is 6.32. The van der Waals surface area contributed by atoms with Gasteiger partial charge in [0.25, 0.3) is 0 Å². The van der Waals surface area contributed by atoms with Crippen molar-refractivity contribution < 1.29 is 63.0 Å². The van der Waals surface area contributed by atoms with Crippen LogP contribution in [-0.2, 0) is 11.3 Å². The summed E-state index contributed by atoms with van der Waals surface area (Å²) in [6.07, 6.45) is 0. The molecule has 0 fully saturated rings. The van der Waals surface area contributed by atoms with E-state index in [1.54, 1.807) is 0 Å². The molecule has 0 bridgehead atoms. The first-order chi connectivity index (χ1) is 19.3. The van der Waals surface area contributed by atoms with Gasteiger partial charge in [-0.15, -0.1) is 22.7 Å². The van der Waals surface area contributed by atoms with E-state index in [0.29, 0.717) is 22.7 Å². The Hall–Kier alpha value is -3.89. The summed E-state index contributed by atoms with van der Waals surface area (Å²) in [6, 6.07) is 1.78. The van der Waals surface area contributed by atoms with Crippen LogP contribution in [0, 0.1) is 58.2 Å². The van der Waals surface area contributed by atoms with Gasteiger partial charge in [-0.3, -0.25) is 14.4 Å². The van der Waals surface area contributed by atoms with E-state index < -0.39 is 110 Å². The molecular weight excluding hydrogens is 618 g/mol. The van der Waals surface area contributed by atoms with Crippen LogP contribution in [0.5, 0.6) is 0 Å². The lowest BCUT2D eigenvalue weighted by atomic mass is 10.0. The first-order valence-electron chi connectivity index (χ1n) is 10.8. The Morgan fingerprint density at radius 1 is 0.561 bits per heavy atom. The first kappa shape index (κ1) is 28.6. The van der Waals surface area contributed by atoms with Crippen LogP contribution in [0.25, 0.3) is 9.75 Å². The molecule has 212 valence electrons. The number of ketones is 3. The zero-order chi connectivity index (χ0) is 30.1. The number of rotatable bonds is 4. The molecule has 0 saturated carbocycles. The molecule has 2 aromatic carbocycles. The van der Waals surface area contributed by atoms with Gasteiger partial charge in [-0.2, -0.15) is 0 Å². The second-order valence-corrected chi connectivity index (χ2v) is 10.4. The molecule has 0 spiro atoms. The summed E-state index contributed by atoms with van der Waals surface area (Å²) in [4.78, 5) is 36.9. The Bertz CT molecular complexity index is 1780. The Morgan fingerprint density at radius 3 is 1.41 bits per heavy atom. The van der Waals surface area contributed by atoms with E-state index in [4.69, 9.17) is 4.74 Å². The van der Waals surface area contributed by atoms with E-state index in [2.05, 4.69) is 0 Å². The summed E-state index contributed by atoms with van der Waals surface area (Å²) < 4.78 is 144. The zero-order valence-electron chi connectivity index (χ0n) is 19.3. The molecule has 0 aliphatic carbocycles. The summed E-state index contributed by atoms with van der Waals surface area (Å²) in [7, 11) is 0. The maximum absolute atomic E-state index is 14.3. The predicted molar refractivity (Wildman–Crippen MR) is 121 cm³/mol. The number of hydrogen-bond acceptors (Lipinski definition) is 6. The lowest BCUT2D eigenvalue weighted by Crippen LogP contribution is -2.13. The minimum absolute atomic E-state index is 0.0491. The standard InChI is InChI=1S/C25H6F10O4S2/c26-12-10(13(27)17(31)20(34)16(12)30)22(37)8-1-5-3-39-4-7(36)6-2-9(41-25(6)24(5)40-8)23(38)11-14(28)18(32)21(35)19(33)15(11)29/h1-2H,3-4H2. The summed E-state index contributed by atoms with van der Waals surface area (Å²) in [6.45, 7) is -1.06. The average molecular weight is 624 g/mol. The fourth-order valence-electron chi connectivity index (χ4n) is 3.91. The van der Waals surface area contributed by atoms with Crippen molar-refractivity contribution in [1.29, 1.82) is 0 Å². The van der Waals surface area contributed by atoms with Crippen LogP contribution in [0.4, 0.5) is 43.9 Å². The SMILES string of the molecule is O=C1COCc2cc(C(=O)c3c(F)c(F)c(F)c(F)c3F)sc2-c2sc(C(=O)c3c(F)c(F)c(F)c(F)c3F)cc21. The fraction of sp³-hybridized carbons (Fsp3) is 0.0800. The lowest BCUT2D eigenvalue weighted by Gasteiger charge is -2.09. The smallest absolute Gasteiger partial charge is 0.209 e. The summed E-state index contributed by atoms with van der Waals surface area (Å²) in [5.74, 6) is -28.3. The molecule has 0 radical (unpaired) electrons. The van der Waals surface area contributed by atoms with Crippen molar-refractivity contribution in [1.82, 2.24) is 0 Å². The molecule has 0 N–H and O–H groups in total. The number of hydrogen-bond donors (Lipinski definition) is 0. The summed E-state index contributed by atoms with van der Waals surface area (Å²) in [5, 5.41) is 0. The molecular formula is C25H6F10O4S2. The van der Waals surface area contributed by atoms with Crippen LogP contribution in [0.15, 0.2) is 12.1 Å². The van der Waals surface area contributed by atoms with Crippen LogP contribution >= 0.6 is 22.7 Å². The lowest BCUT2D eigenvalue weighted by molar-refractivity contribution is 0.0724. The minimum atomic E-state index is -2.50. The third-order valence-corrected chi connectivity index (χ3v) is 8.33. The quantitative estimate of drug-likeness (QED) is 0.106. The highest BCUT2D eigenvalue weighted by atomic mass is 32.1. The van der Waals surface area contributed by atoms with E-state index in [1.165, 1.54) is 0 Å². The minimum Gasteiger partial charge on any atom is -0.369 e. The Balaban J connectivity index is 1.65. The monoisotopic (exact) mass is 624 g/mol. The number of thiophene rings is 2. The molecule has 2 aromatic heterocycles. The van der Waals surface area contributed by atoms with Gasteiger partial charge in [0.05, 0.1) is 26.1 Å². The van der Waals surface area contributed by atoms with E-state index in [1.807, 2.05) is 0 Å². The summed E-state index contributed by atoms with van der Waals surface area (Å²) in [5.41, 5.74) is -3.84. The molecule has 41 heavy (non-hydrogen) atoms. The molecule has 3 heterocycles. The molecule has 0 unspecified atom stereocenters. The Morgan fingerprint density at radius 2 is 0.951 bits per heavy atom. The van der Waals surface area contributed by atoms with Gasteiger partial charge in [-0.1, -0.05) is 0 Å². The third-order valence-electron chi connectivity index (χ3n) is 5.86. The van der Waals surface area contributed by atoms with Gasteiger partial charge in [0, 0.05) is 5.56 Å². The van der Waals surface area contributed by atoms with E-state index in [0.717, 1.165) is 12.1 Å². The molecule has 5 rings (SSSR count). The molecule has 16 heteroatoms. The Labute approximate surface area is 228 Å². The van der Waals surface area contributed by atoms with E-state index in [9.17, 15) is 58.3 Å². The number of ether oxygens (including phenoxy) is 1. The van der Waals surface area contributed by atoms with Gasteiger partial charge >= 0.3 is 0 Å². The zero-order valence-corrected chi connectivity index (χ0v) is 20.9. The van der Waals surface area contributed by atoms with Gasteiger partial charge in [0.2, 0.25) is 23.2 Å². The maximum atomic E-state index is 14.3. The topological polar surface area (TPSA) is 60.4 Å². The predicted octanol–water partition coefficient (Wildman–Crippen LogP) is 7.04. The van der Waals surface area contributed by atoms with Gasteiger partial charge in [-0.25, -0.2) is 43.9 Å². The van der Waals surface area contributed by atoms with Gasteiger partial charge in [-0.05, 0) is 17.7 Å². The van der Waals surface area contributed by atoms with Gasteiger partial charge in [0.1, 0.15) is 17.7 Å². The van der Waals surface area contributed by atoms with E-state index >= 15 is 0 Å². The number of fused-ring (bicyclic) bond motifs is 3. The van der Waals surface area contributed by atoms with Crippen LogP contribution < -0.4 is 0 Å². The summed E-state index contributed by atoms with van der Waals surface area (Å²) >= 11 is 0.759. The number of benzene rings is 2.